The van der Waals surface area contributed by atoms with Crippen molar-refractivity contribution in [2.75, 3.05) is 30.3 Å². The third-order valence-corrected chi connectivity index (χ3v) is 5.03. The van der Waals surface area contributed by atoms with Crippen molar-refractivity contribution < 1.29 is 9.53 Å². The van der Waals surface area contributed by atoms with E-state index in [-0.39, 0.29) is 12.5 Å². The Balaban J connectivity index is 1.39. The second-order valence-corrected chi connectivity index (χ2v) is 6.76. The Labute approximate surface area is 148 Å². The molecule has 2 atom stereocenters. The van der Waals surface area contributed by atoms with Crippen molar-refractivity contribution in [3.05, 3.63) is 54.1 Å². The Hall–Kier alpha value is -2.53. The Morgan fingerprint density at radius 1 is 1.24 bits per heavy atom. The topological polar surface area (TPSA) is 53.6 Å². The second-order valence-electron chi connectivity index (χ2n) is 6.76. The summed E-state index contributed by atoms with van der Waals surface area (Å²) in [5, 5.41) is 6.43. The number of anilines is 2. The molecule has 2 aromatic rings. The third-order valence-electron chi connectivity index (χ3n) is 5.03. The third kappa shape index (κ3) is 3.46. The predicted octanol–water partition coefficient (Wildman–Crippen LogP) is 3.26. The lowest BCUT2D eigenvalue weighted by Gasteiger charge is -2.25. The Morgan fingerprint density at radius 2 is 2.08 bits per heavy atom. The number of carbonyl (C=O) groups excluding carboxylic acids is 1. The molecule has 1 amide bonds. The van der Waals surface area contributed by atoms with Crippen molar-refractivity contribution in [3.8, 4) is 5.75 Å². The van der Waals surface area contributed by atoms with Gasteiger partial charge in [0.25, 0.3) is 5.91 Å². The van der Waals surface area contributed by atoms with Crippen molar-refractivity contribution >= 4 is 17.3 Å². The first-order valence-corrected chi connectivity index (χ1v) is 8.81. The molecule has 2 aliphatic rings. The number of hydrogen-bond acceptors (Lipinski definition) is 4. The average Bonchev–Trinajstić information content (AvgIpc) is 3.10. The molecule has 2 N–H and O–H groups in total. The van der Waals surface area contributed by atoms with E-state index in [1.54, 1.807) is 0 Å². The predicted molar refractivity (Wildman–Crippen MR) is 99.0 cm³/mol. The summed E-state index contributed by atoms with van der Waals surface area (Å²) in [5.74, 6) is 0.631. The fourth-order valence-electron chi connectivity index (χ4n) is 3.60. The van der Waals surface area contributed by atoms with Crippen LogP contribution in [0.15, 0.2) is 48.5 Å². The van der Waals surface area contributed by atoms with Crippen LogP contribution in [-0.2, 0) is 4.79 Å². The quantitative estimate of drug-likeness (QED) is 0.899. The van der Waals surface area contributed by atoms with Gasteiger partial charge in [-0.15, -0.1) is 0 Å². The van der Waals surface area contributed by atoms with Gasteiger partial charge >= 0.3 is 0 Å². The minimum absolute atomic E-state index is 0.0856. The standard InChI is InChI=1S/C20H23N3O2/c1-14(15-5-3-2-4-6-15)23-10-9-17(12-23)21-16-7-8-18-19(11-16)25-13-20(24)22-18/h2-8,11,14,17,21H,9-10,12-13H2,1H3,(H,22,24)/t14-,17-/m1/s1. The van der Waals surface area contributed by atoms with Gasteiger partial charge in [-0.1, -0.05) is 30.3 Å². The number of fused-ring (bicyclic) bond motifs is 1. The van der Waals surface area contributed by atoms with Crippen LogP contribution in [-0.4, -0.2) is 36.5 Å². The van der Waals surface area contributed by atoms with Gasteiger partial charge in [0.2, 0.25) is 0 Å². The molecule has 1 fully saturated rings. The van der Waals surface area contributed by atoms with Crippen LogP contribution in [0.25, 0.3) is 0 Å². The molecule has 130 valence electrons. The lowest BCUT2D eigenvalue weighted by molar-refractivity contribution is -0.118. The number of nitrogens with one attached hydrogen (secondary N) is 2. The first-order valence-electron chi connectivity index (χ1n) is 8.81. The summed E-state index contributed by atoms with van der Waals surface area (Å²) >= 11 is 0. The minimum Gasteiger partial charge on any atom is -0.482 e. The van der Waals surface area contributed by atoms with Gasteiger partial charge in [-0.25, -0.2) is 0 Å². The largest absolute Gasteiger partial charge is 0.482 e. The molecule has 0 bridgehead atoms. The molecule has 0 saturated carbocycles. The van der Waals surface area contributed by atoms with Crippen LogP contribution in [0.1, 0.15) is 24.9 Å². The Kier molecular flexibility index (Phi) is 4.32. The second kappa shape index (κ2) is 6.76. The number of rotatable bonds is 4. The zero-order valence-electron chi connectivity index (χ0n) is 14.4. The van der Waals surface area contributed by atoms with Gasteiger partial charge in [0.1, 0.15) is 5.75 Å². The van der Waals surface area contributed by atoms with E-state index in [9.17, 15) is 4.79 Å². The smallest absolute Gasteiger partial charge is 0.262 e. The van der Waals surface area contributed by atoms with Crippen LogP contribution in [0.4, 0.5) is 11.4 Å². The van der Waals surface area contributed by atoms with E-state index in [0.29, 0.717) is 12.1 Å². The number of amides is 1. The van der Waals surface area contributed by atoms with Crippen LogP contribution in [0.5, 0.6) is 5.75 Å². The van der Waals surface area contributed by atoms with Gasteiger partial charge < -0.3 is 15.4 Å². The van der Waals surface area contributed by atoms with Gasteiger partial charge in [0.15, 0.2) is 6.61 Å². The maximum absolute atomic E-state index is 11.3. The Morgan fingerprint density at radius 3 is 2.92 bits per heavy atom. The first-order chi connectivity index (χ1) is 12.2. The highest BCUT2D eigenvalue weighted by atomic mass is 16.5. The van der Waals surface area contributed by atoms with Gasteiger partial charge in [0.05, 0.1) is 5.69 Å². The molecular formula is C20H23N3O2. The summed E-state index contributed by atoms with van der Waals surface area (Å²) in [6.45, 7) is 4.46. The van der Waals surface area contributed by atoms with E-state index < -0.39 is 0 Å². The summed E-state index contributed by atoms with van der Waals surface area (Å²) in [4.78, 5) is 13.9. The summed E-state index contributed by atoms with van der Waals surface area (Å²) in [7, 11) is 0. The molecule has 0 aliphatic carbocycles. The average molecular weight is 337 g/mol. The highest BCUT2D eigenvalue weighted by molar-refractivity contribution is 5.95. The highest BCUT2D eigenvalue weighted by Crippen LogP contribution is 2.32. The molecule has 0 unspecified atom stereocenters. The number of likely N-dealkylation sites (tertiary alicyclic amines) is 1. The number of carbonyl (C=O) groups is 1. The van der Waals surface area contributed by atoms with Gasteiger partial charge in [-0.2, -0.15) is 0 Å². The van der Waals surface area contributed by atoms with Gasteiger partial charge in [-0.3, -0.25) is 9.69 Å². The maximum atomic E-state index is 11.3. The summed E-state index contributed by atoms with van der Waals surface area (Å²) in [6, 6.07) is 17.4. The molecule has 0 spiro atoms. The molecule has 0 aromatic heterocycles. The first kappa shape index (κ1) is 16.0. The zero-order valence-corrected chi connectivity index (χ0v) is 14.4. The number of hydrogen-bond donors (Lipinski definition) is 2. The van der Waals surface area contributed by atoms with Crippen molar-refractivity contribution in [1.29, 1.82) is 0 Å². The fourth-order valence-corrected chi connectivity index (χ4v) is 3.60. The van der Waals surface area contributed by atoms with Crippen LogP contribution in [0.3, 0.4) is 0 Å². The van der Waals surface area contributed by atoms with Gasteiger partial charge in [-0.05, 0) is 31.0 Å². The van der Waals surface area contributed by atoms with E-state index in [0.717, 1.165) is 36.6 Å². The molecule has 2 heterocycles. The molecule has 5 heteroatoms. The lowest BCUT2D eigenvalue weighted by Crippen LogP contribution is -2.28. The van der Waals surface area contributed by atoms with Crippen LogP contribution in [0, 0.1) is 0 Å². The lowest BCUT2D eigenvalue weighted by atomic mass is 10.1. The molecule has 2 aliphatic heterocycles. The molecule has 0 radical (unpaired) electrons. The molecule has 1 saturated heterocycles. The molecule has 2 aromatic carbocycles. The summed E-state index contributed by atoms with van der Waals surface area (Å²) in [6.07, 6.45) is 1.12. The van der Waals surface area contributed by atoms with Crippen molar-refractivity contribution in [3.63, 3.8) is 0 Å². The van der Waals surface area contributed by atoms with E-state index in [2.05, 4.69) is 52.8 Å². The van der Waals surface area contributed by atoms with Crippen LogP contribution in [0.2, 0.25) is 0 Å². The molecule has 4 rings (SSSR count). The number of ether oxygens (including phenoxy) is 1. The zero-order chi connectivity index (χ0) is 17.2. The van der Waals surface area contributed by atoms with E-state index in [1.165, 1.54) is 5.56 Å². The van der Waals surface area contributed by atoms with E-state index in [1.807, 2.05) is 18.2 Å². The normalized spacial score (nSPS) is 21.2. The van der Waals surface area contributed by atoms with Crippen molar-refractivity contribution in [2.45, 2.75) is 25.4 Å². The van der Waals surface area contributed by atoms with Crippen molar-refractivity contribution in [2.24, 2.45) is 0 Å². The maximum Gasteiger partial charge on any atom is 0.262 e. The molecular weight excluding hydrogens is 314 g/mol. The molecule has 5 nitrogen and oxygen atoms in total. The summed E-state index contributed by atoms with van der Waals surface area (Å²) < 4.78 is 5.50. The fraction of sp³-hybridized carbons (Fsp3) is 0.350. The SMILES string of the molecule is C[C@H](c1ccccc1)N1CC[C@@H](Nc2ccc3c(c2)OCC(=O)N3)C1. The monoisotopic (exact) mass is 337 g/mol. The minimum atomic E-state index is -0.102. The van der Waals surface area contributed by atoms with Crippen molar-refractivity contribution in [1.82, 2.24) is 4.90 Å². The summed E-state index contributed by atoms with van der Waals surface area (Å²) in [5.41, 5.74) is 3.14. The van der Waals surface area contributed by atoms with E-state index >= 15 is 0 Å². The molecule has 25 heavy (non-hydrogen) atoms. The Bertz CT molecular complexity index is 763. The number of benzene rings is 2. The van der Waals surface area contributed by atoms with Gasteiger partial charge in [0, 0.05) is 36.9 Å². The number of nitrogens with zero attached hydrogens (tertiary/aromatic N) is 1. The van der Waals surface area contributed by atoms with Crippen LogP contribution < -0.4 is 15.4 Å². The highest BCUT2D eigenvalue weighted by Gasteiger charge is 2.27. The van der Waals surface area contributed by atoms with Crippen LogP contribution >= 0.6 is 0 Å². The van der Waals surface area contributed by atoms with E-state index in [4.69, 9.17) is 4.74 Å².